The van der Waals surface area contributed by atoms with Crippen LogP contribution in [0.1, 0.15) is 20.8 Å². The fourth-order valence-electron chi connectivity index (χ4n) is 1.13. The monoisotopic (exact) mass is 360 g/mol. The number of hydrogen-bond acceptors (Lipinski definition) is 7. The van der Waals surface area contributed by atoms with Gasteiger partial charge in [0.2, 0.25) is 5.91 Å². The Labute approximate surface area is 142 Å². The van der Waals surface area contributed by atoms with Crippen LogP contribution in [-0.2, 0) is 4.79 Å². The molecule has 1 heterocycles. The maximum atomic E-state index is 11.6. The SMILES string of the molecule is C=C(C)CSc1nnc(SCC(=O)NC(=O)NCC(C)C)s1. The van der Waals surface area contributed by atoms with E-state index in [1.54, 1.807) is 11.8 Å². The molecule has 0 aromatic carbocycles. The Hall–Kier alpha value is -1.06. The van der Waals surface area contributed by atoms with Crippen LogP contribution >= 0.6 is 34.9 Å². The summed E-state index contributed by atoms with van der Waals surface area (Å²) in [6.07, 6.45) is 0. The number of thioether (sulfide) groups is 2. The predicted octanol–water partition coefficient (Wildman–Crippen LogP) is 2.78. The first-order valence-electron chi connectivity index (χ1n) is 6.68. The van der Waals surface area contributed by atoms with E-state index >= 15 is 0 Å². The number of hydrogen-bond donors (Lipinski definition) is 2. The zero-order valence-corrected chi connectivity index (χ0v) is 15.3. The maximum Gasteiger partial charge on any atom is 0.321 e. The third kappa shape index (κ3) is 8.40. The highest BCUT2D eigenvalue weighted by Gasteiger charge is 2.11. The molecule has 0 radical (unpaired) electrons. The van der Waals surface area contributed by atoms with Crippen molar-refractivity contribution in [3.05, 3.63) is 12.2 Å². The van der Waals surface area contributed by atoms with Crippen LogP contribution in [-0.4, -0.2) is 40.2 Å². The van der Waals surface area contributed by atoms with Crippen molar-refractivity contribution in [3.63, 3.8) is 0 Å². The molecule has 9 heteroatoms. The summed E-state index contributed by atoms with van der Waals surface area (Å²) in [6.45, 7) is 10.3. The molecule has 3 amide bonds. The van der Waals surface area contributed by atoms with Gasteiger partial charge in [0.1, 0.15) is 0 Å². The summed E-state index contributed by atoms with van der Waals surface area (Å²) < 4.78 is 1.56. The van der Waals surface area contributed by atoms with Gasteiger partial charge in [-0.2, -0.15) is 0 Å². The molecule has 0 bridgehead atoms. The first kappa shape index (κ1) is 19.0. The van der Waals surface area contributed by atoms with E-state index in [4.69, 9.17) is 0 Å². The third-order valence-corrected chi connectivity index (χ3v) is 5.50. The molecule has 0 aliphatic rings. The van der Waals surface area contributed by atoms with Crippen molar-refractivity contribution in [1.82, 2.24) is 20.8 Å². The van der Waals surface area contributed by atoms with Crippen LogP contribution in [0.25, 0.3) is 0 Å². The van der Waals surface area contributed by atoms with Crippen LogP contribution in [0.5, 0.6) is 0 Å². The number of urea groups is 1. The van der Waals surface area contributed by atoms with Gasteiger partial charge in [0.25, 0.3) is 0 Å². The molecule has 0 aliphatic heterocycles. The molecule has 0 saturated heterocycles. The van der Waals surface area contributed by atoms with Gasteiger partial charge in [0.15, 0.2) is 8.68 Å². The number of imide groups is 1. The van der Waals surface area contributed by atoms with Crippen molar-refractivity contribution in [2.45, 2.75) is 29.5 Å². The summed E-state index contributed by atoms with van der Waals surface area (Å²) in [5.41, 5.74) is 1.07. The van der Waals surface area contributed by atoms with E-state index in [1.807, 2.05) is 20.8 Å². The lowest BCUT2D eigenvalue weighted by atomic mass is 10.2. The topological polar surface area (TPSA) is 84.0 Å². The Kier molecular flexibility index (Phi) is 8.51. The highest BCUT2D eigenvalue weighted by atomic mass is 32.2. The van der Waals surface area contributed by atoms with Crippen molar-refractivity contribution < 1.29 is 9.59 Å². The second-order valence-corrected chi connectivity index (χ2v) is 8.44. The van der Waals surface area contributed by atoms with E-state index in [1.165, 1.54) is 23.1 Å². The molecule has 0 fully saturated rings. The number of rotatable bonds is 8. The van der Waals surface area contributed by atoms with Gasteiger partial charge in [-0.05, 0) is 12.8 Å². The highest BCUT2D eigenvalue weighted by molar-refractivity contribution is 8.03. The van der Waals surface area contributed by atoms with Crippen molar-refractivity contribution in [3.8, 4) is 0 Å². The average Bonchev–Trinajstić information content (AvgIpc) is 2.88. The molecular weight excluding hydrogens is 340 g/mol. The van der Waals surface area contributed by atoms with Crippen molar-refractivity contribution in [2.24, 2.45) is 5.92 Å². The zero-order valence-electron chi connectivity index (χ0n) is 12.8. The normalized spacial score (nSPS) is 10.5. The minimum Gasteiger partial charge on any atom is -0.338 e. The predicted molar refractivity (Wildman–Crippen MR) is 92.6 cm³/mol. The molecule has 122 valence electrons. The van der Waals surface area contributed by atoms with Crippen molar-refractivity contribution in [2.75, 3.05) is 18.1 Å². The molecule has 0 aliphatic carbocycles. The number of carbonyl (C=O) groups excluding carboxylic acids is 2. The van der Waals surface area contributed by atoms with Crippen molar-refractivity contribution >= 4 is 46.8 Å². The molecule has 1 rings (SSSR count). The summed E-state index contributed by atoms with van der Waals surface area (Å²) in [5, 5.41) is 12.9. The Morgan fingerprint density at radius 3 is 2.36 bits per heavy atom. The smallest absolute Gasteiger partial charge is 0.321 e. The van der Waals surface area contributed by atoms with E-state index in [0.717, 1.165) is 15.7 Å². The van der Waals surface area contributed by atoms with Crippen molar-refractivity contribution in [1.29, 1.82) is 0 Å². The van der Waals surface area contributed by atoms with Gasteiger partial charge in [-0.1, -0.05) is 60.9 Å². The molecule has 2 N–H and O–H groups in total. The number of amides is 3. The van der Waals surface area contributed by atoms with Gasteiger partial charge in [0.05, 0.1) is 5.75 Å². The standard InChI is InChI=1S/C13H20N4O2S3/c1-8(2)5-14-11(19)15-10(18)7-21-13-17-16-12(22-13)20-6-9(3)4/h8H,3,5-7H2,1-2,4H3,(H2,14,15,18,19). The summed E-state index contributed by atoms with van der Waals surface area (Å²) in [7, 11) is 0. The summed E-state index contributed by atoms with van der Waals surface area (Å²) in [5.74, 6) is 0.925. The summed E-state index contributed by atoms with van der Waals surface area (Å²) in [6, 6.07) is -0.464. The van der Waals surface area contributed by atoms with Crippen LogP contribution in [0.2, 0.25) is 0 Å². The van der Waals surface area contributed by atoms with Gasteiger partial charge in [-0.25, -0.2) is 4.79 Å². The summed E-state index contributed by atoms with van der Waals surface area (Å²) >= 11 is 4.27. The Morgan fingerprint density at radius 2 is 1.82 bits per heavy atom. The molecular formula is C13H20N4O2S3. The van der Waals surface area contributed by atoms with E-state index < -0.39 is 6.03 Å². The number of aromatic nitrogens is 2. The lowest BCUT2D eigenvalue weighted by molar-refractivity contribution is -0.117. The molecule has 0 atom stereocenters. The van der Waals surface area contributed by atoms with Crippen LogP contribution in [0.3, 0.4) is 0 Å². The van der Waals surface area contributed by atoms with Gasteiger partial charge in [-0.15, -0.1) is 10.2 Å². The molecule has 1 aromatic heterocycles. The molecule has 0 saturated carbocycles. The average molecular weight is 361 g/mol. The maximum absolute atomic E-state index is 11.6. The largest absolute Gasteiger partial charge is 0.338 e. The lowest BCUT2D eigenvalue weighted by Gasteiger charge is -2.07. The van der Waals surface area contributed by atoms with Gasteiger partial charge >= 0.3 is 6.03 Å². The van der Waals surface area contributed by atoms with Crippen LogP contribution in [0.15, 0.2) is 20.8 Å². The number of nitrogens with one attached hydrogen (secondary N) is 2. The van der Waals surface area contributed by atoms with Crippen LogP contribution in [0, 0.1) is 5.92 Å². The number of carbonyl (C=O) groups is 2. The van der Waals surface area contributed by atoms with E-state index in [2.05, 4.69) is 27.4 Å². The Morgan fingerprint density at radius 1 is 1.23 bits per heavy atom. The minimum absolute atomic E-state index is 0.134. The lowest BCUT2D eigenvalue weighted by Crippen LogP contribution is -2.41. The Bertz CT molecular complexity index is 531. The van der Waals surface area contributed by atoms with E-state index in [0.29, 0.717) is 16.8 Å². The second kappa shape index (κ2) is 9.86. The van der Waals surface area contributed by atoms with Gasteiger partial charge in [-0.3, -0.25) is 10.1 Å². The Balaban J connectivity index is 2.29. The third-order valence-electron chi connectivity index (χ3n) is 2.08. The first-order chi connectivity index (χ1) is 10.4. The van der Waals surface area contributed by atoms with E-state index in [9.17, 15) is 9.59 Å². The van der Waals surface area contributed by atoms with E-state index in [-0.39, 0.29) is 11.7 Å². The molecule has 22 heavy (non-hydrogen) atoms. The molecule has 0 spiro atoms. The van der Waals surface area contributed by atoms with Crippen LogP contribution < -0.4 is 10.6 Å². The molecule has 1 aromatic rings. The second-order valence-electron chi connectivity index (χ2n) is 5.02. The fourth-order valence-corrected chi connectivity index (χ4v) is 3.79. The summed E-state index contributed by atoms with van der Waals surface area (Å²) in [4.78, 5) is 23.1. The minimum atomic E-state index is -0.464. The molecule has 0 unspecified atom stereocenters. The van der Waals surface area contributed by atoms with Gasteiger partial charge in [0, 0.05) is 12.3 Å². The number of nitrogens with zero attached hydrogens (tertiary/aromatic N) is 2. The highest BCUT2D eigenvalue weighted by Crippen LogP contribution is 2.29. The van der Waals surface area contributed by atoms with Gasteiger partial charge < -0.3 is 5.32 Å². The fraction of sp³-hybridized carbons (Fsp3) is 0.538. The molecule has 6 nitrogen and oxygen atoms in total. The van der Waals surface area contributed by atoms with Crippen LogP contribution in [0.4, 0.5) is 4.79 Å². The first-order valence-corrected chi connectivity index (χ1v) is 9.46. The zero-order chi connectivity index (χ0) is 16.5. The quantitative estimate of drug-likeness (QED) is 0.548.